The van der Waals surface area contributed by atoms with E-state index in [0.717, 1.165) is 16.5 Å². The van der Waals surface area contributed by atoms with Crippen LogP contribution in [0.1, 0.15) is 19.4 Å². The van der Waals surface area contributed by atoms with Crippen molar-refractivity contribution in [1.82, 2.24) is 4.98 Å². The highest BCUT2D eigenvalue weighted by atomic mass is 31.2. The van der Waals surface area contributed by atoms with Crippen molar-refractivity contribution in [2.75, 3.05) is 13.2 Å². The molecule has 0 radical (unpaired) electrons. The molecule has 0 aliphatic heterocycles. The molecule has 0 spiro atoms. The fourth-order valence-electron chi connectivity index (χ4n) is 2.23. The number of nitrogens with two attached hydrogens (primary N) is 1. The lowest BCUT2D eigenvalue weighted by Gasteiger charge is -2.22. The predicted octanol–water partition coefficient (Wildman–Crippen LogP) is 3.26. The second-order valence-corrected chi connectivity index (χ2v) is 6.77. The molecule has 2 aromatic rings. The molecule has 0 bridgehead atoms. The van der Waals surface area contributed by atoms with E-state index in [1.54, 1.807) is 13.8 Å². The number of hydrogen-bond donors (Lipinski definition) is 2. The third kappa shape index (κ3) is 3.13. The molecule has 0 saturated carbocycles. The first-order valence-electron chi connectivity index (χ1n) is 6.80. The second kappa shape index (κ2) is 6.55. The smallest absolute Gasteiger partial charge is 0.347 e. The minimum atomic E-state index is -3.27. The zero-order chi connectivity index (χ0) is 14.6. The maximum Gasteiger partial charge on any atom is 0.347 e. The van der Waals surface area contributed by atoms with Crippen molar-refractivity contribution in [3.63, 3.8) is 0 Å². The van der Waals surface area contributed by atoms with E-state index in [-0.39, 0.29) is 0 Å². The lowest BCUT2D eigenvalue weighted by molar-refractivity contribution is 0.212. The summed E-state index contributed by atoms with van der Waals surface area (Å²) >= 11 is 0. The number of aromatic amines is 1. The van der Waals surface area contributed by atoms with Gasteiger partial charge in [-0.05, 0) is 25.5 Å². The molecule has 3 N–H and O–H groups in total. The van der Waals surface area contributed by atoms with Crippen LogP contribution in [0.25, 0.3) is 10.9 Å². The van der Waals surface area contributed by atoms with Crippen molar-refractivity contribution in [2.45, 2.75) is 26.1 Å². The largest absolute Gasteiger partial charge is 0.361 e. The van der Waals surface area contributed by atoms with Gasteiger partial charge < -0.3 is 19.8 Å². The molecule has 1 aromatic carbocycles. The SMILES string of the molecule is CCOP(=O)(OCC)[C@@H](N)Cc1c[nH]c2ccccc12. The van der Waals surface area contributed by atoms with Crippen LogP contribution in [-0.4, -0.2) is 24.0 Å². The van der Waals surface area contributed by atoms with Gasteiger partial charge in [0.2, 0.25) is 0 Å². The van der Waals surface area contributed by atoms with Gasteiger partial charge in [-0.1, -0.05) is 18.2 Å². The van der Waals surface area contributed by atoms with Crippen molar-refractivity contribution in [2.24, 2.45) is 5.73 Å². The molecule has 1 aromatic heterocycles. The third-order valence-electron chi connectivity index (χ3n) is 3.13. The Hall–Kier alpha value is -1.13. The summed E-state index contributed by atoms with van der Waals surface area (Å²) in [5.74, 6) is -0.665. The lowest BCUT2D eigenvalue weighted by atomic mass is 10.1. The summed E-state index contributed by atoms with van der Waals surface area (Å²) in [5.41, 5.74) is 8.14. The van der Waals surface area contributed by atoms with Crippen molar-refractivity contribution in [3.8, 4) is 0 Å². The van der Waals surface area contributed by atoms with E-state index >= 15 is 0 Å². The van der Waals surface area contributed by atoms with Gasteiger partial charge in [0.15, 0.2) is 0 Å². The van der Waals surface area contributed by atoms with E-state index < -0.39 is 13.4 Å². The summed E-state index contributed by atoms with van der Waals surface area (Å²) in [7, 11) is -3.27. The lowest BCUT2D eigenvalue weighted by Crippen LogP contribution is -2.25. The van der Waals surface area contributed by atoms with E-state index in [9.17, 15) is 4.57 Å². The van der Waals surface area contributed by atoms with Crippen LogP contribution >= 0.6 is 7.60 Å². The van der Waals surface area contributed by atoms with Crippen LogP contribution in [0.2, 0.25) is 0 Å². The zero-order valence-corrected chi connectivity index (χ0v) is 12.7. The van der Waals surface area contributed by atoms with Gasteiger partial charge in [-0.15, -0.1) is 0 Å². The Kier molecular flexibility index (Phi) is 5.00. The summed E-state index contributed by atoms with van der Waals surface area (Å²) in [4.78, 5) is 3.18. The summed E-state index contributed by atoms with van der Waals surface area (Å²) in [6, 6.07) is 7.94. The fraction of sp³-hybridized carbons (Fsp3) is 0.429. The predicted molar refractivity (Wildman–Crippen MR) is 80.8 cm³/mol. The Bertz CT molecular complexity index is 601. The molecule has 6 heteroatoms. The molecule has 0 aliphatic carbocycles. The number of para-hydroxylation sites is 1. The van der Waals surface area contributed by atoms with E-state index in [2.05, 4.69) is 4.98 Å². The highest BCUT2D eigenvalue weighted by Gasteiger charge is 2.33. The van der Waals surface area contributed by atoms with Gasteiger partial charge in [0.25, 0.3) is 0 Å². The number of hydrogen-bond acceptors (Lipinski definition) is 4. The normalized spacial score (nSPS) is 13.8. The molecule has 0 amide bonds. The first-order valence-corrected chi connectivity index (χ1v) is 8.41. The standard InChI is InChI=1S/C14H21N2O3P/c1-3-18-20(17,19-4-2)14(15)9-11-10-16-13-8-6-5-7-12(11)13/h5-8,10,14,16H,3-4,9,15H2,1-2H3/t14-/m1/s1. The van der Waals surface area contributed by atoms with Crippen LogP contribution in [0.4, 0.5) is 0 Å². The molecular formula is C14H21N2O3P. The van der Waals surface area contributed by atoms with Crippen LogP contribution in [0.5, 0.6) is 0 Å². The topological polar surface area (TPSA) is 77.3 Å². The van der Waals surface area contributed by atoms with Gasteiger partial charge in [0, 0.05) is 23.5 Å². The Morgan fingerprint density at radius 3 is 2.55 bits per heavy atom. The molecule has 0 fully saturated rings. The van der Waals surface area contributed by atoms with E-state index in [1.165, 1.54) is 0 Å². The minimum Gasteiger partial charge on any atom is -0.361 e. The maximum atomic E-state index is 12.6. The molecule has 0 aliphatic rings. The van der Waals surface area contributed by atoms with Crippen molar-refractivity contribution in [1.29, 1.82) is 0 Å². The molecule has 110 valence electrons. The first kappa shape index (κ1) is 15.3. The van der Waals surface area contributed by atoms with Crippen molar-refractivity contribution in [3.05, 3.63) is 36.0 Å². The van der Waals surface area contributed by atoms with Gasteiger partial charge in [-0.3, -0.25) is 4.57 Å². The molecule has 2 rings (SSSR count). The number of aromatic nitrogens is 1. The molecule has 1 heterocycles. The Morgan fingerprint density at radius 2 is 1.90 bits per heavy atom. The Morgan fingerprint density at radius 1 is 1.25 bits per heavy atom. The zero-order valence-electron chi connectivity index (χ0n) is 11.8. The number of rotatable bonds is 7. The van der Waals surface area contributed by atoms with Gasteiger partial charge in [-0.2, -0.15) is 0 Å². The van der Waals surface area contributed by atoms with Gasteiger partial charge in [0.05, 0.1) is 13.2 Å². The fourth-order valence-corrected chi connectivity index (χ4v) is 3.82. The summed E-state index contributed by atoms with van der Waals surface area (Å²) in [6.45, 7) is 4.20. The monoisotopic (exact) mass is 296 g/mol. The summed E-state index contributed by atoms with van der Waals surface area (Å²) in [6.07, 6.45) is 2.34. The van der Waals surface area contributed by atoms with Gasteiger partial charge in [0.1, 0.15) is 5.78 Å². The quantitative estimate of drug-likeness (QED) is 0.769. The molecular weight excluding hydrogens is 275 g/mol. The highest BCUT2D eigenvalue weighted by Crippen LogP contribution is 2.52. The van der Waals surface area contributed by atoms with Crippen LogP contribution in [0.15, 0.2) is 30.5 Å². The van der Waals surface area contributed by atoms with Crippen molar-refractivity contribution < 1.29 is 13.6 Å². The average Bonchev–Trinajstić information content (AvgIpc) is 2.83. The van der Waals surface area contributed by atoms with Crippen LogP contribution in [0, 0.1) is 0 Å². The molecule has 0 unspecified atom stereocenters. The second-order valence-electron chi connectivity index (χ2n) is 4.51. The van der Waals surface area contributed by atoms with Crippen LogP contribution < -0.4 is 5.73 Å². The van der Waals surface area contributed by atoms with Gasteiger partial charge in [-0.25, -0.2) is 0 Å². The third-order valence-corrected chi connectivity index (χ3v) is 5.36. The van der Waals surface area contributed by atoms with Crippen molar-refractivity contribution >= 4 is 18.5 Å². The average molecular weight is 296 g/mol. The van der Waals surface area contributed by atoms with Crippen LogP contribution in [-0.2, 0) is 20.0 Å². The Balaban J connectivity index is 2.21. The highest BCUT2D eigenvalue weighted by molar-refractivity contribution is 7.54. The van der Waals surface area contributed by atoms with Gasteiger partial charge >= 0.3 is 7.60 Å². The van der Waals surface area contributed by atoms with E-state index in [1.807, 2.05) is 30.5 Å². The number of fused-ring (bicyclic) bond motifs is 1. The first-order chi connectivity index (χ1) is 9.60. The van der Waals surface area contributed by atoms with E-state index in [0.29, 0.717) is 19.6 Å². The van der Waals surface area contributed by atoms with E-state index in [4.69, 9.17) is 14.8 Å². The maximum absolute atomic E-state index is 12.6. The molecule has 0 saturated heterocycles. The number of nitrogens with one attached hydrogen (secondary N) is 1. The molecule has 20 heavy (non-hydrogen) atoms. The number of H-pyrrole nitrogens is 1. The Labute approximate surface area is 119 Å². The number of benzene rings is 1. The summed E-state index contributed by atoms with van der Waals surface area (Å²) in [5, 5.41) is 1.09. The summed E-state index contributed by atoms with van der Waals surface area (Å²) < 4.78 is 23.2. The molecule has 1 atom stereocenters. The molecule has 5 nitrogen and oxygen atoms in total. The van der Waals surface area contributed by atoms with Crippen LogP contribution in [0.3, 0.4) is 0 Å². The minimum absolute atomic E-state index is 0.318.